The van der Waals surface area contributed by atoms with Gasteiger partial charge in [0.1, 0.15) is 0 Å². The summed E-state index contributed by atoms with van der Waals surface area (Å²) >= 11 is 0. The van der Waals surface area contributed by atoms with Gasteiger partial charge in [0.2, 0.25) is 0 Å². The van der Waals surface area contributed by atoms with Crippen LogP contribution in [0.2, 0.25) is 0 Å². The Balaban J connectivity index is 2.35. The van der Waals surface area contributed by atoms with Crippen LogP contribution >= 0.6 is 0 Å². The first-order valence-electron chi connectivity index (χ1n) is 5.22. The average Bonchev–Trinajstić information content (AvgIpc) is 2.59. The van der Waals surface area contributed by atoms with Crippen LogP contribution < -0.4 is 0 Å². The molecule has 1 rings (SSSR count). The zero-order valence-corrected chi connectivity index (χ0v) is 8.98. The number of nitrogens with zero attached hydrogens (tertiary/aromatic N) is 3. The maximum atomic E-state index is 8.66. The fourth-order valence-corrected chi connectivity index (χ4v) is 1.21. The largest absolute Gasteiger partial charge is 0.396 e. The molecule has 1 aromatic rings. The second-order valence-corrected chi connectivity index (χ2v) is 3.98. The molecule has 1 heterocycles. The SMILES string of the molecule is CC(C)CCn1cc(CCCO)nn1. The Bertz CT molecular complexity index is 258. The molecule has 0 spiro atoms. The van der Waals surface area contributed by atoms with Crippen molar-refractivity contribution in [2.24, 2.45) is 5.92 Å². The minimum atomic E-state index is 0.221. The lowest BCUT2D eigenvalue weighted by atomic mass is 10.1. The lowest BCUT2D eigenvalue weighted by Crippen LogP contribution is -2.01. The van der Waals surface area contributed by atoms with E-state index in [1.54, 1.807) is 0 Å². The van der Waals surface area contributed by atoms with Crippen molar-refractivity contribution in [2.75, 3.05) is 6.61 Å². The average molecular weight is 197 g/mol. The third kappa shape index (κ3) is 3.87. The van der Waals surface area contributed by atoms with E-state index in [0.717, 1.165) is 31.5 Å². The summed E-state index contributed by atoms with van der Waals surface area (Å²) in [6.45, 7) is 5.55. The predicted molar refractivity (Wildman–Crippen MR) is 54.9 cm³/mol. The first-order valence-corrected chi connectivity index (χ1v) is 5.22. The monoisotopic (exact) mass is 197 g/mol. The standard InChI is InChI=1S/C10H19N3O/c1-9(2)5-6-13-8-10(11-12-13)4-3-7-14/h8-9,14H,3-7H2,1-2H3. The fourth-order valence-electron chi connectivity index (χ4n) is 1.21. The molecule has 14 heavy (non-hydrogen) atoms. The van der Waals surface area contributed by atoms with Gasteiger partial charge < -0.3 is 5.11 Å². The van der Waals surface area contributed by atoms with Crippen molar-refractivity contribution in [3.05, 3.63) is 11.9 Å². The second-order valence-electron chi connectivity index (χ2n) is 3.98. The van der Waals surface area contributed by atoms with Gasteiger partial charge in [-0.15, -0.1) is 5.10 Å². The van der Waals surface area contributed by atoms with Gasteiger partial charge in [0, 0.05) is 19.3 Å². The summed E-state index contributed by atoms with van der Waals surface area (Å²) in [6, 6.07) is 0. The van der Waals surface area contributed by atoms with E-state index in [0.29, 0.717) is 5.92 Å². The van der Waals surface area contributed by atoms with Crippen LogP contribution in [0.25, 0.3) is 0 Å². The number of aliphatic hydroxyl groups is 1. The van der Waals surface area contributed by atoms with E-state index in [1.165, 1.54) is 0 Å². The summed E-state index contributed by atoms with van der Waals surface area (Å²) < 4.78 is 1.88. The van der Waals surface area contributed by atoms with Crippen molar-refractivity contribution in [1.82, 2.24) is 15.0 Å². The van der Waals surface area contributed by atoms with Crippen LogP contribution in [0.15, 0.2) is 6.20 Å². The predicted octanol–water partition coefficient (Wildman–Crippen LogP) is 1.25. The zero-order valence-electron chi connectivity index (χ0n) is 8.98. The summed E-state index contributed by atoms with van der Waals surface area (Å²) in [5.41, 5.74) is 0.975. The first-order chi connectivity index (χ1) is 6.72. The number of rotatable bonds is 6. The molecule has 1 aromatic heterocycles. The first kappa shape index (κ1) is 11.2. The highest BCUT2D eigenvalue weighted by molar-refractivity contribution is 4.92. The van der Waals surface area contributed by atoms with Gasteiger partial charge in [-0.05, 0) is 25.2 Å². The quantitative estimate of drug-likeness (QED) is 0.746. The van der Waals surface area contributed by atoms with Gasteiger partial charge >= 0.3 is 0 Å². The molecule has 4 nitrogen and oxygen atoms in total. The van der Waals surface area contributed by atoms with E-state index in [4.69, 9.17) is 5.11 Å². The van der Waals surface area contributed by atoms with Gasteiger partial charge in [-0.2, -0.15) is 0 Å². The molecule has 0 unspecified atom stereocenters. The highest BCUT2D eigenvalue weighted by Gasteiger charge is 2.01. The normalized spacial score (nSPS) is 11.1. The molecule has 0 aliphatic carbocycles. The maximum absolute atomic E-state index is 8.66. The van der Waals surface area contributed by atoms with Crippen molar-refractivity contribution in [2.45, 2.75) is 39.7 Å². The van der Waals surface area contributed by atoms with E-state index in [2.05, 4.69) is 24.2 Å². The van der Waals surface area contributed by atoms with Gasteiger partial charge in [-0.25, -0.2) is 0 Å². The van der Waals surface area contributed by atoms with Crippen molar-refractivity contribution in [3.8, 4) is 0 Å². The Morgan fingerprint density at radius 1 is 1.50 bits per heavy atom. The summed E-state index contributed by atoms with van der Waals surface area (Å²) in [5, 5.41) is 16.7. The van der Waals surface area contributed by atoms with Crippen molar-refractivity contribution < 1.29 is 5.11 Å². The number of aromatic nitrogens is 3. The van der Waals surface area contributed by atoms with Crippen LogP contribution in [0, 0.1) is 5.92 Å². The topological polar surface area (TPSA) is 50.9 Å². The highest BCUT2D eigenvalue weighted by atomic mass is 16.2. The maximum Gasteiger partial charge on any atom is 0.0828 e. The number of hydrogen-bond donors (Lipinski definition) is 1. The van der Waals surface area contributed by atoms with E-state index < -0.39 is 0 Å². The molecular formula is C10H19N3O. The Labute approximate surface area is 84.9 Å². The zero-order chi connectivity index (χ0) is 10.4. The second kappa shape index (κ2) is 5.75. The molecule has 0 atom stereocenters. The van der Waals surface area contributed by atoms with Gasteiger partial charge in [0.25, 0.3) is 0 Å². The number of hydrogen-bond acceptors (Lipinski definition) is 3. The Hall–Kier alpha value is -0.900. The van der Waals surface area contributed by atoms with Crippen molar-refractivity contribution in [3.63, 3.8) is 0 Å². The number of aliphatic hydroxyl groups excluding tert-OH is 1. The Kier molecular flexibility index (Phi) is 4.59. The van der Waals surface area contributed by atoms with Crippen LogP contribution in [-0.4, -0.2) is 26.7 Å². The molecule has 4 heteroatoms. The van der Waals surface area contributed by atoms with E-state index >= 15 is 0 Å². The van der Waals surface area contributed by atoms with Crippen LogP contribution in [0.4, 0.5) is 0 Å². The molecule has 0 saturated carbocycles. The minimum Gasteiger partial charge on any atom is -0.396 e. The van der Waals surface area contributed by atoms with Crippen molar-refractivity contribution >= 4 is 0 Å². The Morgan fingerprint density at radius 3 is 2.93 bits per heavy atom. The van der Waals surface area contributed by atoms with Crippen LogP contribution in [-0.2, 0) is 13.0 Å². The summed E-state index contributed by atoms with van der Waals surface area (Å²) in [5.74, 6) is 0.695. The molecule has 0 aliphatic heterocycles. The number of aryl methyl sites for hydroxylation is 2. The Morgan fingerprint density at radius 2 is 2.29 bits per heavy atom. The molecule has 0 fully saturated rings. The molecule has 0 aliphatic rings. The fraction of sp³-hybridized carbons (Fsp3) is 0.800. The van der Waals surface area contributed by atoms with Crippen LogP contribution in [0.5, 0.6) is 0 Å². The molecule has 0 amide bonds. The molecule has 0 aromatic carbocycles. The molecule has 0 bridgehead atoms. The summed E-state index contributed by atoms with van der Waals surface area (Å²) in [6.07, 6.45) is 4.68. The smallest absolute Gasteiger partial charge is 0.0828 e. The third-order valence-corrected chi connectivity index (χ3v) is 2.11. The van der Waals surface area contributed by atoms with E-state index in [-0.39, 0.29) is 6.61 Å². The van der Waals surface area contributed by atoms with Crippen LogP contribution in [0.3, 0.4) is 0 Å². The molecule has 1 N–H and O–H groups in total. The molecular weight excluding hydrogens is 178 g/mol. The molecule has 0 radical (unpaired) electrons. The van der Waals surface area contributed by atoms with E-state index in [1.807, 2.05) is 10.9 Å². The molecule has 0 saturated heterocycles. The van der Waals surface area contributed by atoms with Crippen LogP contribution in [0.1, 0.15) is 32.4 Å². The van der Waals surface area contributed by atoms with Crippen molar-refractivity contribution in [1.29, 1.82) is 0 Å². The van der Waals surface area contributed by atoms with Gasteiger partial charge in [0.05, 0.1) is 5.69 Å². The third-order valence-electron chi connectivity index (χ3n) is 2.11. The van der Waals surface area contributed by atoms with E-state index in [9.17, 15) is 0 Å². The lowest BCUT2D eigenvalue weighted by Gasteiger charge is -2.02. The molecule has 80 valence electrons. The lowest BCUT2D eigenvalue weighted by molar-refractivity contribution is 0.288. The van der Waals surface area contributed by atoms with Gasteiger partial charge in [0.15, 0.2) is 0 Å². The highest BCUT2D eigenvalue weighted by Crippen LogP contribution is 2.03. The minimum absolute atomic E-state index is 0.221. The van der Waals surface area contributed by atoms with Gasteiger partial charge in [-0.3, -0.25) is 4.68 Å². The summed E-state index contributed by atoms with van der Waals surface area (Å²) in [4.78, 5) is 0. The summed E-state index contributed by atoms with van der Waals surface area (Å²) in [7, 11) is 0. The van der Waals surface area contributed by atoms with Gasteiger partial charge in [-0.1, -0.05) is 19.1 Å².